The van der Waals surface area contributed by atoms with Crippen molar-refractivity contribution in [2.75, 3.05) is 13.1 Å². The Morgan fingerprint density at radius 3 is 2.54 bits per heavy atom. The molecule has 0 saturated heterocycles. The zero-order valence-corrected chi connectivity index (χ0v) is 9.13. The normalized spacial score (nSPS) is 17.5. The quantitative estimate of drug-likeness (QED) is 0.430. The first-order chi connectivity index (χ1) is 6.38. The number of hydrogen-bond donors (Lipinski definition) is 0. The lowest BCUT2D eigenvalue weighted by molar-refractivity contribution is 0.275. The summed E-state index contributed by atoms with van der Waals surface area (Å²) in [5.41, 5.74) is 0. The third kappa shape index (κ3) is 4.47. The summed E-state index contributed by atoms with van der Waals surface area (Å²) in [6.07, 6.45) is 11.3. The highest BCUT2D eigenvalue weighted by atomic mass is 15.2. The summed E-state index contributed by atoms with van der Waals surface area (Å²) >= 11 is 0. The molecule has 0 bridgehead atoms. The molecule has 0 aromatic heterocycles. The molecule has 76 valence electrons. The molecule has 1 rings (SSSR count). The van der Waals surface area contributed by atoms with Crippen molar-refractivity contribution in [1.29, 1.82) is 0 Å². The molecular formula is C12H23N. The van der Waals surface area contributed by atoms with Crippen LogP contribution in [0.25, 0.3) is 0 Å². The van der Waals surface area contributed by atoms with E-state index < -0.39 is 0 Å². The van der Waals surface area contributed by atoms with Crippen molar-refractivity contribution >= 4 is 0 Å². The molecule has 0 N–H and O–H groups in total. The molecule has 0 aromatic rings. The Kier molecular flexibility index (Phi) is 5.14. The minimum atomic E-state index is 0.945. The van der Waals surface area contributed by atoms with Crippen LogP contribution in [-0.2, 0) is 0 Å². The van der Waals surface area contributed by atoms with E-state index in [0.29, 0.717) is 0 Å². The average Bonchev–Trinajstić information content (AvgIpc) is 2.95. The van der Waals surface area contributed by atoms with Crippen LogP contribution in [0.2, 0.25) is 0 Å². The van der Waals surface area contributed by atoms with Gasteiger partial charge in [0.2, 0.25) is 0 Å². The summed E-state index contributed by atoms with van der Waals surface area (Å²) in [7, 11) is 0. The first kappa shape index (κ1) is 10.8. The molecule has 0 radical (unpaired) electrons. The lowest BCUT2D eigenvalue weighted by Crippen LogP contribution is -2.26. The van der Waals surface area contributed by atoms with Crippen molar-refractivity contribution in [3.8, 4) is 0 Å². The second-order valence-electron chi connectivity index (χ2n) is 3.88. The monoisotopic (exact) mass is 181 g/mol. The summed E-state index contributed by atoms with van der Waals surface area (Å²) in [5.74, 6) is 0. The average molecular weight is 181 g/mol. The molecule has 0 amide bonds. The highest BCUT2D eigenvalue weighted by molar-refractivity contribution is 4.85. The molecule has 0 aromatic carbocycles. The Morgan fingerprint density at radius 1 is 1.23 bits per heavy atom. The van der Waals surface area contributed by atoms with Gasteiger partial charge < -0.3 is 4.90 Å². The highest BCUT2D eigenvalue weighted by Crippen LogP contribution is 2.26. The zero-order valence-electron chi connectivity index (χ0n) is 9.13. The smallest absolute Gasteiger partial charge is 0.00963 e. The van der Waals surface area contributed by atoms with Gasteiger partial charge in [-0.15, -0.1) is 0 Å². The molecule has 0 atom stereocenters. The molecular weight excluding hydrogens is 158 g/mol. The van der Waals surface area contributed by atoms with E-state index in [1.165, 1.54) is 45.2 Å². The van der Waals surface area contributed by atoms with E-state index in [9.17, 15) is 0 Å². The van der Waals surface area contributed by atoms with Gasteiger partial charge >= 0.3 is 0 Å². The van der Waals surface area contributed by atoms with Gasteiger partial charge in [0.05, 0.1) is 0 Å². The molecule has 1 aliphatic rings. The van der Waals surface area contributed by atoms with Gasteiger partial charge in [-0.25, -0.2) is 0 Å². The van der Waals surface area contributed by atoms with E-state index in [2.05, 4.69) is 30.9 Å². The van der Waals surface area contributed by atoms with Crippen molar-refractivity contribution in [1.82, 2.24) is 4.90 Å². The number of unbranched alkanes of at least 4 members (excludes halogenated alkanes) is 1. The summed E-state index contributed by atoms with van der Waals surface area (Å²) in [6, 6.07) is 0.945. The zero-order chi connectivity index (χ0) is 9.52. The fourth-order valence-electron chi connectivity index (χ4n) is 1.74. The van der Waals surface area contributed by atoms with Gasteiger partial charge in [0, 0.05) is 6.04 Å². The van der Waals surface area contributed by atoms with E-state index in [1.807, 2.05) is 0 Å². The predicted molar refractivity (Wildman–Crippen MR) is 58.9 cm³/mol. The van der Waals surface area contributed by atoms with Gasteiger partial charge in [-0.3, -0.25) is 0 Å². The van der Waals surface area contributed by atoms with E-state index in [-0.39, 0.29) is 0 Å². The van der Waals surface area contributed by atoms with E-state index in [0.717, 1.165) is 6.04 Å². The summed E-state index contributed by atoms with van der Waals surface area (Å²) in [4.78, 5) is 2.62. The van der Waals surface area contributed by atoms with Crippen LogP contribution < -0.4 is 0 Å². The molecule has 1 heteroatoms. The van der Waals surface area contributed by atoms with Crippen molar-refractivity contribution in [3.63, 3.8) is 0 Å². The Balaban J connectivity index is 1.99. The molecule has 0 spiro atoms. The minimum absolute atomic E-state index is 0.945. The van der Waals surface area contributed by atoms with E-state index in [1.54, 1.807) is 0 Å². The van der Waals surface area contributed by atoms with Crippen molar-refractivity contribution < 1.29 is 0 Å². The van der Waals surface area contributed by atoms with Crippen LogP contribution in [0.4, 0.5) is 0 Å². The van der Waals surface area contributed by atoms with Gasteiger partial charge in [0.25, 0.3) is 0 Å². The number of hydrogen-bond acceptors (Lipinski definition) is 1. The van der Waals surface area contributed by atoms with E-state index >= 15 is 0 Å². The predicted octanol–water partition coefficient (Wildman–Crippen LogP) is 3.22. The van der Waals surface area contributed by atoms with Gasteiger partial charge in [-0.2, -0.15) is 0 Å². The molecule has 1 aliphatic carbocycles. The maximum absolute atomic E-state index is 2.62. The van der Waals surface area contributed by atoms with Crippen LogP contribution in [-0.4, -0.2) is 24.0 Å². The fourth-order valence-corrected chi connectivity index (χ4v) is 1.74. The fraction of sp³-hybridized carbons (Fsp3) is 0.833. The molecule has 0 heterocycles. The van der Waals surface area contributed by atoms with Crippen LogP contribution in [0.3, 0.4) is 0 Å². The largest absolute Gasteiger partial charge is 0.301 e. The van der Waals surface area contributed by atoms with Gasteiger partial charge in [0.1, 0.15) is 0 Å². The van der Waals surface area contributed by atoms with Crippen LogP contribution in [0.1, 0.15) is 46.0 Å². The van der Waals surface area contributed by atoms with Crippen molar-refractivity contribution in [2.45, 2.75) is 52.0 Å². The molecule has 0 unspecified atom stereocenters. The van der Waals surface area contributed by atoms with E-state index in [4.69, 9.17) is 0 Å². The number of rotatable bonds is 7. The third-order valence-electron chi connectivity index (χ3n) is 2.69. The molecule has 1 saturated carbocycles. The molecule has 1 fully saturated rings. The lowest BCUT2D eigenvalue weighted by atomic mass is 10.2. The van der Waals surface area contributed by atoms with Crippen LogP contribution >= 0.6 is 0 Å². The molecule has 13 heavy (non-hydrogen) atoms. The second-order valence-corrected chi connectivity index (χ2v) is 3.88. The second kappa shape index (κ2) is 6.20. The SMILES string of the molecule is CC/C=C\CCCN(CC)C1CC1. The maximum atomic E-state index is 2.62. The van der Waals surface area contributed by atoms with Crippen LogP contribution in [0, 0.1) is 0 Å². The Bertz CT molecular complexity index is 147. The van der Waals surface area contributed by atoms with Crippen LogP contribution in [0.5, 0.6) is 0 Å². The standard InChI is InChI=1S/C12H23N/c1-3-5-6-7-8-11-13(4-2)12-9-10-12/h5-6,12H,3-4,7-11H2,1-2H3/b6-5-. The highest BCUT2D eigenvalue weighted by Gasteiger charge is 2.26. The first-order valence-electron chi connectivity index (χ1n) is 5.77. The molecule has 0 aliphatic heterocycles. The summed E-state index contributed by atoms with van der Waals surface area (Å²) in [5, 5.41) is 0. The Morgan fingerprint density at radius 2 is 2.00 bits per heavy atom. The number of nitrogens with zero attached hydrogens (tertiary/aromatic N) is 1. The van der Waals surface area contributed by atoms with Crippen molar-refractivity contribution in [2.24, 2.45) is 0 Å². The molecule has 1 nitrogen and oxygen atoms in total. The lowest BCUT2D eigenvalue weighted by Gasteiger charge is -2.18. The summed E-state index contributed by atoms with van der Waals surface area (Å²) < 4.78 is 0. The summed E-state index contributed by atoms with van der Waals surface area (Å²) in [6.45, 7) is 7.01. The topological polar surface area (TPSA) is 3.24 Å². The first-order valence-corrected chi connectivity index (χ1v) is 5.77. The van der Waals surface area contributed by atoms with Gasteiger partial charge in [-0.1, -0.05) is 26.0 Å². The Labute approximate surface area is 82.8 Å². The van der Waals surface area contributed by atoms with Crippen molar-refractivity contribution in [3.05, 3.63) is 12.2 Å². The Hall–Kier alpha value is -0.300. The van der Waals surface area contributed by atoms with Gasteiger partial charge in [0.15, 0.2) is 0 Å². The van der Waals surface area contributed by atoms with Crippen LogP contribution in [0.15, 0.2) is 12.2 Å². The minimum Gasteiger partial charge on any atom is -0.301 e. The maximum Gasteiger partial charge on any atom is 0.00963 e. The van der Waals surface area contributed by atoms with Gasteiger partial charge in [-0.05, 0) is 45.2 Å². The number of allylic oxidation sites excluding steroid dienone is 2. The third-order valence-corrected chi connectivity index (χ3v) is 2.69.